The van der Waals surface area contributed by atoms with Crippen LogP contribution < -0.4 is 0 Å². The molecule has 2 aromatic rings. The first kappa shape index (κ1) is 26.9. The molecule has 0 fully saturated rings. The van der Waals surface area contributed by atoms with Crippen LogP contribution in [0.3, 0.4) is 0 Å². The number of rotatable bonds is 7. The molecule has 0 aromatic heterocycles. The summed E-state index contributed by atoms with van der Waals surface area (Å²) in [5.41, 5.74) is -0.431. The zero-order valence-corrected chi connectivity index (χ0v) is 20.9. The quantitative estimate of drug-likeness (QED) is 0.317. The van der Waals surface area contributed by atoms with Crippen molar-refractivity contribution in [3.63, 3.8) is 0 Å². The van der Waals surface area contributed by atoms with Gasteiger partial charge in [0, 0.05) is 5.56 Å². The highest BCUT2D eigenvalue weighted by atomic mass is 32.2. The summed E-state index contributed by atoms with van der Waals surface area (Å²) in [4.78, 5) is -0.216. The van der Waals surface area contributed by atoms with Crippen molar-refractivity contribution in [3.8, 4) is 0 Å². The van der Waals surface area contributed by atoms with Crippen LogP contribution in [-0.4, -0.2) is 20.3 Å². The van der Waals surface area contributed by atoms with Gasteiger partial charge in [-0.15, -0.1) is 0 Å². The molecular weight excluding hydrogens is 451 g/mol. The van der Waals surface area contributed by atoms with Crippen molar-refractivity contribution in [2.45, 2.75) is 66.0 Å². The maximum atomic E-state index is 13.4. The Morgan fingerprint density at radius 2 is 1.58 bits per heavy atom. The molecule has 0 aliphatic carbocycles. The fourth-order valence-corrected chi connectivity index (χ4v) is 4.79. The van der Waals surface area contributed by atoms with E-state index in [2.05, 4.69) is 51.0 Å². The molecule has 0 heterocycles. The summed E-state index contributed by atoms with van der Waals surface area (Å²) in [7, 11) is -4.55. The predicted molar refractivity (Wildman–Crippen MR) is 125 cm³/mol. The zero-order valence-electron chi connectivity index (χ0n) is 20.1. The maximum absolute atomic E-state index is 13.4. The predicted octanol–water partition coefficient (Wildman–Crippen LogP) is 6.92. The first-order valence-corrected chi connectivity index (χ1v) is 12.1. The van der Waals surface area contributed by atoms with E-state index in [4.69, 9.17) is 0 Å². The van der Waals surface area contributed by atoms with E-state index in [9.17, 15) is 21.6 Å². The lowest BCUT2D eigenvalue weighted by Crippen LogP contribution is -2.39. The molecule has 1 unspecified atom stereocenters. The van der Waals surface area contributed by atoms with E-state index >= 15 is 0 Å². The Kier molecular flexibility index (Phi) is 7.73. The van der Waals surface area contributed by atoms with Gasteiger partial charge in [0.2, 0.25) is 0 Å². The summed E-state index contributed by atoms with van der Waals surface area (Å²) in [6, 6.07) is 11.5. The molecule has 8 heteroatoms. The maximum Gasteiger partial charge on any atom is 0.437 e. The van der Waals surface area contributed by atoms with Crippen LogP contribution in [0, 0.1) is 23.7 Å². The van der Waals surface area contributed by atoms with Crippen LogP contribution in [0.15, 0.2) is 58.6 Å². The summed E-state index contributed by atoms with van der Waals surface area (Å²) >= 11 is 0. The van der Waals surface area contributed by atoms with Crippen molar-refractivity contribution >= 4 is 15.8 Å². The minimum absolute atomic E-state index is 0.00305. The fourth-order valence-electron chi connectivity index (χ4n) is 3.85. The van der Waals surface area contributed by atoms with E-state index in [1.807, 2.05) is 0 Å². The first-order valence-electron chi connectivity index (χ1n) is 10.7. The van der Waals surface area contributed by atoms with Gasteiger partial charge in [-0.3, -0.25) is 4.28 Å². The smallest absolute Gasteiger partial charge is 0.264 e. The van der Waals surface area contributed by atoms with Gasteiger partial charge < -0.3 is 0 Å². The molecule has 182 valence electrons. The van der Waals surface area contributed by atoms with E-state index in [0.717, 1.165) is 12.0 Å². The Bertz CT molecular complexity index is 1100. The minimum atomic E-state index is -4.88. The first-order chi connectivity index (χ1) is 15.0. The Morgan fingerprint density at radius 1 is 1.00 bits per heavy atom. The van der Waals surface area contributed by atoms with Crippen LogP contribution >= 0.6 is 0 Å². The molecule has 0 saturated heterocycles. The molecule has 0 aliphatic rings. The highest BCUT2D eigenvalue weighted by Gasteiger charge is 2.40. The molecule has 0 saturated carbocycles. The standard InChI is InChI=1S/C25H32F3NO3S/c1-17(2)24(7,23(4,5)6)16-19-13-14-21(18(3)15-19)33(30,31)32-29-22(25(26,27)28)20-11-9-8-10-12-20/h8-15,17H,16H2,1-7H3. The minimum Gasteiger partial charge on any atom is -0.264 e. The molecule has 4 nitrogen and oxygen atoms in total. The number of hydrogen-bond acceptors (Lipinski definition) is 4. The van der Waals surface area contributed by atoms with Gasteiger partial charge in [0.1, 0.15) is 4.90 Å². The number of halogens is 3. The Balaban J connectivity index is 2.38. The van der Waals surface area contributed by atoms with Crippen molar-refractivity contribution in [2.75, 3.05) is 0 Å². The van der Waals surface area contributed by atoms with Crippen LogP contribution in [0.5, 0.6) is 0 Å². The number of oxime groups is 1. The van der Waals surface area contributed by atoms with Crippen molar-refractivity contribution in [3.05, 3.63) is 65.2 Å². The molecule has 0 radical (unpaired) electrons. The van der Waals surface area contributed by atoms with Gasteiger partial charge in [0.15, 0.2) is 5.71 Å². The lowest BCUT2D eigenvalue weighted by atomic mass is 9.59. The van der Waals surface area contributed by atoms with Gasteiger partial charge in [-0.25, -0.2) is 0 Å². The van der Waals surface area contributed by atoms with Crippen LogP contribution in [-0.2, 0) is 20.8 Å². The topological polar surface area (TPSA) is 55.7 Å². The van der Waals surface area contributed by atoms with E-state index < -0.39 is 22.0 Å². The van der Waals surface area contributed by atoms with Crippen LogP contribution in [0.25, 0.3) is 0 Å². The SMILES string of the molecule is Cc1cc(CC(C)(C(C)C)C(C)(C)C)ccc1S(=O)(=O)ON=C(c1ccccc1)C(F)(F)F. The number of alkyl halides is 3. The van der Waals surface area contributed by atoms with Gasteiger partial charge in [0.05, 0.1) is 0 Å². The molecule has 1 atom stereocenters. The lowest BCUT2D eigenvalue weighted by molar-refractivity contribution is -0.0597. The van der Waals surface area contributed by atoms with E-state index in [-0.39, 0.29) is 21.3 Å². The van der Waals surface area contributed by atoms with Crippen molar-refractivity contribution in [2.24, 2.45) is 21.9 Å². The molecule has 0 N–H and O–H groups in total. The molecular formula is C25H32F3NO3S. The molecule has 2 rings (SSSR count). The summed E-state index contributed by atoms with van der Waals surface area (Å²) in [6.45, 7) is 14.6. The van der Waals surface area contributed by atoms with Gasteiger partial charge >= 0.3 is 16.3 Å². The molecule has 0 aliphatic heterocycles. The summed E-state index contributed by atoms with van der Waals surface area (Å²) in [5, 5.41) is 3.00. The second-order valence-electron chi connectivity index (χ2n) is 9.93. The highest BCUT2D eigenvalue weighted by molar-refractivity contribution is 7.86. The molecule has 33 heavy (non-hydrogen) atoms. The highest BCUT2D eigenvalue weighted by Crippen LogP contribution is 2.47. The van der Waals surface area contributed by atoms with E-state index in [1.165, 1.54) is 30.3 Å². The molecule has 0 amide bonds. The van der Waals surface area contributed by atoms with Gasteiger partial charge in [0.25, 0.3) is 0 Å². The number of benzene rings is 2. The van der Waals surface area contributed by atoms with Crippen molar-refractivity contribution < 1.29 is 25.9 Å². The second-order valence-corrected chi connectivity index (χ2v) is 11.4. The molecule has 0 bridgehead atoms. The Labute approximate surface area is 195 Å². The molecule has 2 aromatic carbocycles. The van der Waals surface area contributed by atoms with Gasteiger partial charge in [-0.1, -0.05) is 89.2 Å². The third-order valence-corrected chi connectivity index (χ3v) is 7.88. The average molecular weight is 484 g/mol. The van der Waals surface area contributed by atoms with Gasteiger partial charge in [-0.05, 0) is 47.3 Å². The second kappa shape index (κ2) is 9.49. The van der Waals surface area contributed by atoms with E-state index in [0.29, 0.717) is 11.5 Å². The number of nitrogens with zero attached hydrogens (tertiary/aromatic N) is 1. The number of aryl methyl sites for hydroxylation is 1. The summed E-state index contributed by atoms with van der Waals surface area (Å²) in [5.74, 6) is 0.373. The fraction of sp³-hybridized carbons (Fsp3) is 0.480. The normalized spacial score (nSPS) is 15.4. The average Bonchev–Trinajstić information content (AvgIpc) is 2.66. The monoisotopic (exact) mass is 483 g/mol. The third kappa shape index (κ3) is 6.16. The van der Waals surface area contributed by atoms with Crippen LogP contribution in [0.2, 0.25) is 0 Å². The number of hydrogen-bond donors (Lipinski definition) is 0. The molecule has 0 spiro atoms. The summed E-state index contributed by atoms with van der Waals surface area (Å²) in [6.07, 6.45) is -4.16. The van der Waals surface area contributed by atoms with Crippen LogP contribution in [0.1, 0.15) is 58.2 Å². The van der Waals surface area contributed by atoms with Crippen molar-refractivity contribution in [1.82, 2.24) is 0 Å². The van der Waals surface area contributed by atoms with Crippen molar-refractivity contribution in [1.29, 1.82) is 0 Å². The Morgan fingerprint density at radius 3 is 2.03 bits per heavy atom. The Hall–Kier alpha value is -2.35. The van der Waals surface area contributed by atoms with Gasteiger partial charge in [-0.2, -0.15) is 21.6 Å². The van der Waals surface area contributed by atoms with Crippen LogP contribution in [0.4, 0.5) is 13.2 Å². The summed E-state index contributed by atoms with van der Waals surface area (Å²) < 4.78 is 70.2. The lowest BCUT2D eigenvalue weighted by Gasteiger charge is -2.46. The third-order valence-electron chi connectivity index (χ3n) is 6.61. The largest absolute Gasteiger partial charge is 0.437 e. The van der Waals surface area contributed by atoms with E-state index in [1.54, 1.807) is 25.1 Å². The zero-order chi connectivity index (χ0) is 25.2.